The van der Waals surface area contributed by atoms with Crippen LogP contribution in [0, 0.1) is 13.8 Å². The molecule has 7 heteroatoms. The van der Waals surface area contributed by atoms with Gasteiger partial charge in [-0.1, -0.05) is 11.2 Å². The second-order valence-corrected chi connectivity index (χ2v) is 6.39. The lowest BCUT2D eigenvalue weighted by molar-refractivity contribution is 0.414. The van der Waals surface area contributed by atoms with Crippen LogP contribution in [0.2, 0.25) is 0 Å². The Hall–Kier alpha value is -3.74. The van der Waals surface area contributed by atoms with Crippen molar-refractivity contribution in [3.63, 3.8) is 0 Å². The van der Waals surface area contributed by atoms with Crippen LogP contribution in [0.1, 0.15) is 11.1 Å². The molecule has 2 aromatic heterocycles. The van der Waals surface area contributed by atoms with E-state index in [1.807, 2.05) is 44.2 Å². The number of hydrogen-bond donors (Lipinski definition) is 0. The van der Waals surface area contributed by atoms with Gasteiger partial charge in [0.25, 0.3) is 5.89 Å². The molecule has 0 aliphatic heterocycles. The monoisotopic (exact) mass is 374 g/mol. The molecule has 0 radical (unpaired) electrons. The average Bonchev–Trinajstić information content (AvgIpc) is 3.20. The Balaban J connectivity index is 1.72. The van der Waals surface area contributed by atoms with Crippen LogP contribution in [0.3, 0.4) is 0 Å². The lowest BCUT2D eigenvalue weighted by Gasteiger charge is -2.08. The number of benzene rings is 2. The molecule has 0 unspecified atom stereocenters. The summed E-state index contributed by atoms with van der Waals surface area (Å²) in [5.74, 6) is 1.18. The summed E-state index contributed by atoms with van der Waals surface area (Å²) in [6.07, 6.45) is 1.62. The van der Waals surface area contributed by atoms with E-state index in [2.05, 4.69) is 15.2 Å². The first-order chi connectivity index (χ1) is 13.5. The van der Waals surface area contributed by atoms with E-state index in [4.69, 9.17) is 9.26 Å². The van der Waals surface area contributed by atoms with E-state index in [0.29, 0.717) is 5.82 Å². The first kappa shape index (κ1) is 17.7. The van der Waals surface area contributed by atoms with Gasteiger partial charge < -0.3 is 9.26 Å². The number of rotatable bonds is 4. The van der Waals surface area contributed by atoms with E-state index in [1.165, 1.54) is 11.6 Å². The van der Waals surface area contributed by atoms with E-state index < -0.39 is 0 Å². The van der Waals surface area contributed by atoms with Gasteiger partial charge in [-0.2, -0.15) is 10.1 Å². The Morgan fingerprint density at radius 1 is 1.00 bits per heavy atom. The average molecular weight is 374 g/mol. The van der Waals surface area contributed by atoms with Gasteiger partial charge in [-0.25, -0.2) is 4.68 Å². The molecule has 0 atom stereocenters. The van der Waals surface area contributed by atoms with Crippen molar-refractivity contribution in [3.8, 4) is 34.4 Å². The van der Waals surface area contributed by atoms with E-state index in [1.54, 1.807) is 30.1 Å². The number of ether oxygens (including phenoxy) is 1. The Morgan fingerprint density at radius 2 is 1.79 bits per heavy atom. The molecule has 0 saturated heterocycles. The molecule has 4 rings (SSSR count). The zero-order chi connectivity index (χ0) is 19.7. The number of nitrogens with zero attached hydrogens (tertiary/aromatic N) is 4. The highest BCUT2D eigenvalue weighted by Gasteiger charge is 2.16. The number of aryl methyl sites for hydroxylation is 2. The predicted octanol–water partition coefficient (Wildman–Crippen LogP) is 3.57. The van der Waals surface area contributed by atoms with Crippen molar-refractivity contribution in [2.24, 2.45) is 0 Å². The van der Waals surface area contributed by atoms with Gasteiger partial charge >= 0.3 is 0 Å². The maximum atomic E-state index is 12.3. The lowest BCUT2D eigenvalue weighted by Crippen LogP contribution is -2.12. The molecule has 7 nitrogen and oxygen atoms in total. The Bertz CT molecular complexity index is 1190. The summed E-state index contributed by atoms with van der Waals surface area (Å²) in [5, 5.41) is 8.38. The molecule has 0 bridgehead atoms. The molecule has 0 fully saturated rings. The fraction of sp³-hybridized carbons (Fsp3) is 0.143. The molecule has 4 aromatic rings. The first-order valence-corrected chi connectivity index (χ1v) is 8.71. The van der Waals surface area contributed by atoms with Crippen LogP contribution >= 0.6 is 0 Å². The molecule has 0 aliphatic rings. The van der Waals surface area contributed by atoms with Crippen molar-refractivity contribution in [2.45, 2.75) is 13.8 Å². The predicted molar refractivity (Wildman–Crippen MR) is 105 cm³/mol. The van der Waals surface area contributed by atoms with Gasteiger partial charge in [0.05, 0.1) is 12.8 Å². The molecule has 140 valence electrons. The molecule has 28 heavy (non-hydrogen) atoms. The third-order valence-electron chi connectivity index (χ3n) is 4.54. The summed E-state index contributed by atoms with van der Waals surface area (Å²) in [6.45, 7) is 4.07. The largest absolute Gasteiger partial charge is 0.497 e. The summed E-state index contributed by atoms with van der Waals surface area (Å²) in [6, 6.07) is 14.6. The quantitative estimate of drug-likeness (QED) is 0.543. The standard InChI is InChI=1S/C21H18N4O3/c1-13-4-7-16(12-14(13)2)25-11-10-18(26)19(23-25)21-22-20(24-28-21)15-5-8-17(27-3)9-6-15/h4-12H,1-3H3. The third kappa shape index (κ3) is 3.29. The maximum absolute atomic E-state index is 12.3. The highest BCUT2D eigenvalue weighted by atomic mass is 16.5. The van der Waals surface area contributed by atoms with Crippen molar-refractivity contribution in [1.29, 1.82) is 0 Å². The van der Waals surface area contributed by atoms with E-state index in [-0.39, 0.29) is 17.0 Å². The second-order valence-electron chi connectivity index (χ2n) is 6.39. The maximum Gasteiger partial charge on any atom is 0.282 e. The molecular formula is C21H18N4O3. The zero-order valence-electron chi connectivity index (χ0n) is 15.7. The fourth-order valence-electron chi connectivity index (χ4n) is 2.74. The minimum Gasteiger partial charge on any atom is -0.497 e. The third-order valence-corrected chi connectivity index (χ3v) is 4.54. The van der Waals surface area contributed by atoms with Crippen LogP contribution in [0.5, 0.6) is 5.75 Å². The molecule has 2 aromatic carbocycles. The van der Waals surface area contributed by atoms with Crippen molar-refractivity contribution < 1.29 is 9.26 Å². The summed E-state index contributed by atoms with van der Waals surface area (Å²) in [7, 11) is 1.60. The van der Waals surface area contributed by atoms with Gasteiger partial charge in [0.1, 0.15) is 5.75 Å². The van der Waals surface area contributed by atoms with Gasteiger partial charge in [-0.3, -0.25) is 4.79 Å². The number of aromatic nitrogens is 4. The highest BCUT2D eigenvalue weighted by Crippen LogP contribution is 2.22. The van der Waals surface area contributed by atoms with Crippen LogP contribution < -0.4 is 10.2 Å². The van der Waals surface area contributed by atoms with Crippen LogP contribution in [0.15, 0.2) is 64.0 Å². The first-order valence-electron chi connectivity index (χ1n) is 8.71. The molecular weight excluding hydrogens is 356 g/mol. The van der Waals surface area contributed by atoms with Gasteiger partial charge in [0, 0.05) is 17.8 Å². The molecule has 0 saturated carbocycles. The Kier molecular flexibility index (Phi) is 4.49. The van der Waals surface area contributed by atoms with Crippen LogP contribution in [-0.4, -0.2) is 27.0 Å². The Morgan fingerprint density at radius 3 is 2.50 bits per heavy atom. The Labute approximate surface area is 161 Å². The van der Waals surface area contributed by atoms with Crippen molar-refractivity contribution in [2.75, 3.05) is 7.11 Å². The zero-order valence-corrected chi connectivity index (χ0v) is 15.7. The minimum atomic E-state index is -0.287. The summed E-state index contributed by atoms with van der Waals surface area (Å²) >= 11 is 0. The van der Waals surface area contributed by atoms with E-state index >= 15 is 0 Å². The van der Waals surface area contributed by atoms with Crippen LogP contribution in [0.4, 0.5) is 0 Å². The molecule has 0 N–H and O–H groups in total. The normalized spacial score (nSPS) is 10.8. The topological polar surface area (TPSA) is 83.0 Å². The van der Waals surface area contributed by atoms with Gasteiger partial charge in [-0.15, -0.1) is 0 Å². The number of hydrogen-bond acceptors (Lipinski definition) is 6. The fourth-order valence-corrected chi connectivity index (χ4v) is 2.74. The van der Waals surface area contributed by atoms with E-state index in [0.717, 1.165) is 22.6 Å². The number of methoxy groups -OCH3 is 1. The molecule has 2 heterocycles. The van der Waals surface area contributed by atoms with Gasteiger partial charge in [0.2, 0.25) is 11.3 Å². The van der Waals surface area contributed by atoms with Crippen molar-refractivity contribution in [1.82, 2.24) is 19.9 Å². The highest BCUT2D eigenvalue weighted by molar-refractivity contribution is 5.58. The van der Waals surface area contributed by atoms with Crippen LogP contribution in [0.25, 0.3) is 28.7 Å². The minimum absolute atomic E-state index is 0.0778. The summed E-state index contributed by atoms with van der Waals surface area (Å²) in [4.78, 5) is 16.7. The second kappa shape index (κ2) is 7.11. The van der Waals surface area contributed by atoms with E-state index in [9.17, 15) is 4.79 Å². The smallest absolute Gasteiger partial charge is 0.282 e. The summed E-state index contributed by atoms with van der Waals surface area (Å²) in [5.41, 5.74) is 3.74. The van der Waals surface area contributed by atoms with Gasteiger partial charge in [-0.05, 0) is 61.4 Å². The summed E-state index contributed by atoms with van der Waals surface area (Å²) < 4.78 is 12.1. The van der Waals surface area contributed by atoms with Crippen LogP contribution in [-0.2, 0) is 0 Å². The molecule has 0 amide bonds. The SMILES string of the molecule is COc1ccc(-c2noc(-c3nn(-c4ccc(C)c(C)c4)ccc3=O)n2)cc1. The lowest BCUT2D eigenvalue weighted by atomic mass is 10.1. The van der Waals surface area contributed by atoms with Crippen molar-refractivity contribution >= 4 is 0 Å². The molecule has 0 spiro atoms. The van der Waals surface area contributed by atoms with Gasteiger partial charge in [0.15, 0.2) is 5.69 Å². The molecule has 0 aliphatic carbocycles. The van der Waals surface area contributed by atoms with Crippen molar-refractivity contribution in [3.05, 3.63) is 76.1 Å².